The van der Waals surface area contributed by atoms with Gasteiger partial charge in [0.05, 0.1) is 11.1 Å². The molecule has 1 aromatic rings. The van der Waals surface area contributed by atoms with Crippen LogP contribution in [0.3, 0.4) is 0 Å². The highest BCUT2D eigenvalue weighted by Gasteiger charge is 2.10. The largest absolute Gasteiger partial charge is 0.506 e. The number of hydrogen-bond acceptors (Lipinski definition) is 3. The standard InChI is InChI=1S/C9H11BrClNO2/c10-8-3-6(11)1-5(9(8)14)2-7(12)4-13/h1,3,7,13-14H,2,4,12H2. The zero-order chi connectivity index (χ0) is 10.7. The van der Waals surface area contributed by atoms with Crippen LogP contribution in [-0.4, -0.2) is 22.9 Å². The lowest BCUT2D eigenvalue weighted by Crippen LogP contribution is -2.26. The summed E-state index contributed by atoms with van der Waals surface area (Å²) in [6, 6.07) is 2.86. The van der Waals surface area contributed by atoms with Crippen molar-refractivity contribution < 1.29 is 10.2 Å². The summed E-state index contributed by atoms with van der Waals surface area (Å²) in [6.45, 7) is -0.121. The number of aliphatic hydroxyl groups excluding tert-OH is 1. The predicted octanol–water partition coefficient (Wildman–Crippen LogP) is 1.67. The second kappa shape index (κ2) is 4.98. The summed E-state index contributed by atoms with van der Waals surface area (Å²) in [5.41, 5.74) is 6.19. The van der Waals surface area contributed by atoms with Crippen LogP contribution in [-0.2, 0) is 6.42 Å². The summed E-state index contributed by atoms with van der Waals surface area (Å²) in [4.78, 5) is 0. The van der Waals surface area contributed by atoms with E-state index in [9.17, 15) is 5.11 Å². The van der Waals surface area contributed by atoms with Crippen molar-refractivity contribution >= 4 is 27.5 Å². The molecule has 1 aromatic carbocycles. The maximum absolute atomic E-state index is 9.62. The van der Waals surface area contributed by atoms with Crippen molar-refractivity contribution in [1.82, 2.24) is 0 Å². The summed E-state index contributed by atoms with van der Waals surface area (Å²) in [5.74, 6) is 0.123. The highest BCUT2D eigenvalue weighted by Crippen LogP contribution is 2.31. The Morgan fingerprint density at radius 3 is 2.71 bits per heavy atom. The van der Waals surface area contributed by atoms with Gasteiger partial charge < -0.3 is 15.9 Å². The molecule has 0 radical (unpaired) electrons. The predicted molar refractivity (Wildman–Crippen MR) is 59.6 cm³/mol. The van der Waals surface area contributed by atoms with Crippen LogP contribution < -0.4 is 5.73 Å². The number of aliphatic hydroxyl groups is 1. The Labute approximate surface area is 95.6 Å². The van der Waals surface area contributed by atoms with E-state index in [1.165, 1.54) is 0 Å². The molecule has 0 aliphatic carbocycles. The molecular weight excluding hydrogens is 269 g/mol. The van der Waals surface area contributed by atoms with E-state index >= 15 is 0 Å². The van der Waals surface area contributed by atoms with Gasteiger partial charge in [-0.1, -0.05) is 11.6 Å². The number of aromatic hydroxyl groups is 1. The normalized spacial score (nSPS) is 12.9. The fourth-order valence-corrected chi connectivity index (χ4v) is 2.00. The second-order valence-corrected chi connectivity index (χ2v) is 4.33. The van der Waals surface area contributed by atoms with E-state index in [4.69, 9.17) is 22.4 Å². The summed E-state index contributed by atoms with van der Waals surface area (Å²) in [5, 5.41) is 18.9. The second-order valence-electron chi connectivity index (χ2n) is 3.04. The number of nitrogens with two attached hydrogens (primary N) is 1. The molecule has 3 nitrogen and oxygen atoms in total. The highest BCUT2D eigenvalue weighted by atomic mass is 79.9. The molecular formula is C9H11BrClNO2. The summed E-state index contributed by atoms with van der Waals surface area (Å²) >= 11 is 8.98. The molecule has 14 heavy (non-hydrogen) atoms. The minimum Gasteiger partial charge on any atom is -0.506 e. The molecule has 0 saturated heterocycles. The molecule has 1 atom stereocenters. The van der Waals surface area contributed by atoms with Crippen molar-refractivity contribution in [2.45, 2.75) is 12.5 Å². The van der Waals surface area contributed by atoms with E-state index in [1.54, 1.807) is 12.1 Å². The number of phenolic OH excluding ortho intramolecular Hbond substituents is 1. The Balaban J connectivity index is 2.96. The molecule has 0 heterocycles. The fraction of sp³-hybridized carbons (Fsp3) is 0.333. The van der Waals surface area contributed by atoms with Crippen LogP contribution in [0, 0.1) is 0 Å². The molecule has 0 aliphatic heterocycles. The molecule has 1 unspecified atom stereocenters. The summed E-state index contributed by atoms with van der Waals surface area (Å²) in [6.07, 6.45) is 0.390. The van der Waals surface area contributed by atoms with Crippen LogP contribution in [0.5, 0.6) is 5.75 Å². The van der Waals surface area contributed by atoms with Crippen molar-refractivity contribution in [1.29, 1.82) is 0 Å². The van der Waals surface area contributed by atoms with Gasteiger partial charge in [-0.3, -0.25) is 0 Å². The number of phenols is 1. The highest BCUT2D eigenvalue weighted by molar-refractivity contribution is 9.10. The third-order valence-corrected chi connectivity index (χ3v) is 2.65. The number of halogens is 2. The molecule has 0 saturated carbocycles. The van der Waals surface area contributed by atoms with E-state index in [1.807, 2.05) is 0 Å². The van der Waals surface area contributed by atoms with Gasteiger partial charge >= 0.3 is 0 Å². The third-order valence-electron chi connectivity index (χ3n) is 1.82. The first kappa shape index (κ1) is 11.8. The Morgan fingerprint density at radius 1 is 1.50 bits per heavy atom. The maximum Gasteiger partial charge on any atom is 0.133 e. The molecule has 78 valence electrons. The molecule has 5 heteroatoms. The average Bonchev–Trinajstić information content (AvgIpc) is 2.13. The van der Waals surface area contributed by atoms with Gasteiger partial charge in [0.2, 0.25) is 0 Å². The first-order valence-electron chi connectivity index (χ1n) is 4.08. The van der Waals surface area contributed by atoms with E-state index in [2.05, 4.69) is 15.9 Å². The van der Waals surface area contributed by atoms with Gasteiger partial charge in [0.15, 0.2) is 0 Å². The van der Waals surface area contributed by atoms with Gasteiger partial charge in [0.25, 0.3) is 0 Å². The topological polar surface area (TPSA) is 66.5 Å². The minimum absolute atomic E-state index is 0.121. The number of rotatable bonds is 3. The first-order chi connectivity index (χ1) is 6.54. The van der Waals surface area contributed by atoms with Crippen molar-refractivity contribution in [3.63, 3.8) is 0 Å². The lowest BCUT2D eigenvalue weighted by molar-refractivity contribution is 0.264. The van der Waals surface area contributed by atoms with Crippen LogP contribution in [0.4, 0.5) is 0 Å². The van der Waals surface area contributed by atoms with E-state index in [0.717, 1.165) is 0 Å². The number of benzene rings is 1. The van der Waals surface area contributed by atoms with Crippen LogP contribution in [0.25, 0.3) is 0 Å². The van der Waals surface area contributed by atoms with E-state index < -0.39 is 0 Å². The lowest BCUT2D eigenvalue weighted by Gasteiger charge is -2.11. The van der Waals surface area contributed by atoms with Crippen molar-refractivity contribution in [3.8, 4) is 5.75 Å². The van der Waals surface area contributed by atoms with Gasteiger partial charge in [-0.2, -0.15) is 0 Å². The molecule has 0 fully saturated rings. The molecule has 1 rings (SSSR count). The van der Waals surface area contributed by atoms with Gasteiger partial charge in [0.1, 0.15) is 5.75 Å². The number of hydrogen-bond donors (Lipinski definition) is 3. The zero-order valence-corrected chi connectivity index (χ0v) is 9.72. The zero-order valence-electron chi connectivity index (χ0n) is 7.37. The molecule has 0 aliphatic rings. The Hall–Kier alpha value is -0.290. The van der Waals surface area contributed by atoms with Gasteiger partial charge in [-0.25, -0.2) is 0 Å². The van der Waals surface area contributed by atoms with Gasteiger partial charge in [0, 0.05) is 11.1 Å². The fourth-order valence-electron chi connectivity index (χ4n) is 1.12. The Morgan fingerprint density at radius 2 is 2.14 bits per heavy atom. The summed E-state index contributed by atoms with van der Waals surface area (Å²) < 4.78 is 0.533. The van der Waals surface area contributed by atoms with Crippen molar-refractivity contribution in [3.05, 3.63) is 27.2 Å². The van der Waals surface area contributed by atoms with Crippen LogP contribution in [0.15, 0.2) is 16.6 Å². The smallest absolute Gasteiger partial charge is 0.133 e. The SMILES string of the molecule is NC(CO)Cc1cc(Cl)cc(Br)c1O. The third kappa shape index (κ3) is 2.85. The molecule has 0 amide bonds. The maximum atomic E-state index is 9.62. The quantitative estimate of drug-likeness (QED) is 0.789. The van der Waals surface area contributed by atoms with Gasteiger partial charge in [-0.05, 0) is 40.0 Å². The van der Waals surface area contributed by atoms with Crippen molar-refractivity contribution in [2.75, 3.05) is 6.61 Å². The molecule has 0 spiro atoms. The Kier molecular flexibility index (Phi) is 4.19. The van der Waals surface area contributed by atoms with E-state index in [-0.39, 0.29) is 18.4 Å². The van der Waals surface area contributed by atoms with Crippen molar-refractivity contribution in [2.24, 2.45) is 5.73 Å². The molecule has 4 N–H and O–H groups in total. The first-order valence-corrected chi connectivity index (χ1v) is 5.25. The average molecular weight is 281 g/mol. The Bertz CT molecular complexity index is 333. The lowest BCUT2D eigenvalue weighted by atomic mass is 10.1. The minimum atomic E-state index is -0.383. The van der Waals surface area contributed by atoms with Crippen LogP contribution in [0.1, 0.15) is 5.56 Å². The summed E-state index contributed by atoms with van der Waals surface area (Å²) in [7, 11) is 0. The van der Waals surface area contributed by atoms with E-state index in [0.29, 0.717) is 21.5 Å². The molecule has 0 aromatic heterocycles. The van der Waals surface area contributed by atoms with Gasteiger partial charge in [-0.15, -0.1) is 0 Å². The van der Waals surface area contributed by atoms with Crippen LogP contribution in [0.2, 0.25) is 5.02 Å². The monoisotopic (exact) mass is 279 g/mol. The van der Waals surface area contributed by atoms with Crippen LogP contribution >= 0.6 is 27.5 Å². The molecule has 0 bridgehead atoms.